The van der Waals surface area contributed by atoms with Gasteiger partial charge in [0, 0.05) is 18.1 Å². The highest BCUT2D eigenvalue weighted by Gasteiger charge is 2.03. The van der Waals surface area contributed by atoms with E-state index in [0.29, 0.717) is 24.9 Å². The molecule has 1 heterocycles. The van der Waals surface area contributed by atoms with E-state index in [1.165, 1.54) is 0 Å². The minimum absolute atomic E-state index is 0.458. The lowest BCUT2D eigenvalue weighted by Crippen LogP contribution is -2.08. The molecule has 0 bridgehead atoms. The smallest absolute Gasteiger partial charge is 0.244 e. The predicted octanol–water partition coefficient (Wildman–Crippen LogP) is 3.76. The summed E-state index contributed by atoms with van der Waals surface area (Å²) in [6, 6.07) is 15.5. The molecule has 0 aliphatic carbocycles. The van der Waals surface area contributed by atoms with Gasteiger partial charge in [-0.1, -0.05) is 41.9 Å². The fraction of sp³-hybridized carbons (Fsp3) is 0.167. The number of benzene rings is 2. The van der Waals surface area contributed by atoms with Crippen molar-refractivity contribution in [3.8, 4) is 5.75 Å². The first-order valence-corrected chi connectivity index (χ1v) is 8.16. The fourth-order valence-electron chi connectivity index (χ4n) is 2.22. The second kappa shape index (κ2) is 8.30. The molecule has 0 spiro atoms. The molecule has 2 aromatic carbocycles. The Morgan fingerprint density at radius 2 is 1.80 bits per heavy atom. The van der Waals surface area contributed by atoms with Crippen LogP contribution >= 0.6 is 11.6 Å². The molecule has 0 aliphatic rings. The summed E-state index contributed by atoms with van der Waals surface area (Å²) >= 11 is 6.15. The van der Waals surface area contributed by atoms with Gasteiger partial charge in [0.05, 0.1) is 13.3 Å². The molecular weight excluding hydrogens is 338 g/mol. The van der Waals surface area contributed by atoms with Crippen molar-refractivity contribution < 1.29 is 4.74 Å². The van der Waals surface area contributed by atoms with Gasteiger partial charge in [-0.2, -0.15) is 10.1 Å². The third-order valence-corrected chi connectivity index (χ3v) is 3.96. The molecule has 0 saturated carbocycles. The number of ether oxygens (including phenoxy) is 1. The Kier molecular flexibility index (Phi) is 5.64. The van der Waals surface area contributed by atoms with E-state index in [1.54, 1.807) is 13.3 Å². The molecule has 0 unspecified atom stereocenters. The first-order valence-electron chi connectivity index (χ1n) is 7.78. The summed E-state index contributed by atoms with van der Waals surface area (Å²) in [7, 11) is 1.65. The van der Waals surface area contributed by atoms with Crippen LogP contribution in [0.2, 0.25) is 5.02 Å². The van der Waals surface area contributed by atoms with Crippen LogP contribution in [0.4, 0.5) is 11.8 Å². The van der Waals surface area contributed by atoms with Crippen LogP contribution in [0.15, 0.2) is 54.7 Å². The van der Waals surface area contributed by atoms with Crippen LogP contribution in [-0.4, -0.2) is 22.3 Å². The van der Waals surface area contributed by atoms with Gasteiger partial charge in [0.1, 0.15) is 5.75 Å². The van der Waals surface area contributed by atoms with Crippen LogP contribution in [0.5, 0.6) is 5.75 Å². The number of methoxy groups -OCH3 is 1. The molecule has 6 nitrogen and oxygen atoms in total. The highest BCUT2D eigenvalue weighted by atomic mass is 35.5. The number of aromatic nitrogens is 3. The van der Waals surface area contributed by atoms with E-state index in [2.05, 4.69) is 25.8 Å². The van der Waals surface area contributed by atoms with Gasteiger partial charge in [0.25, 0.3) is 0 Å². The zero-order chi connectivity index (χ0) is 17.5. The summed E-state index contributed by atoms with van der Waals surface area (Å²) < 4.78 is 5.15. The number of hydrogen-bond donors (Lipinski definition) is 2. The monoisotopic (exact) mass is 355 g/mol. The van der Waals surface area contributed by atoms with Crippen LogP contribution in [0.3, 0.4) is 0 Å². The van der Waals surface area contributed by atoms with Gasteiger partial charge in [0.15, 0.2) is 5.82 Å². The number of anilines is 2. The molecule has 0 amide bonds. The molecular formula is C18H18ClN5O. The number of halogens is 1. The normalized spacial score (nSPS) is 10.3. The van der Waals surface area contributed by atoms with Gasteiger partial charge in [-0.15, -0.1) is 5.10 Å². The first-order chi connectivity index (χ1) is 12.2. The van der Waals surface area contributed by atoms with E-state index in [0.717, 1.165) is 21.9 Å². The summed E-state index contributed by atoms with van der Waals surface area (Å²) in [6.07, 6.45) is 1.58. The molecule has 0 radical (unpaired) electrons. The Hall–Kier alpha value is -2.86. The van der Waals surface area contributed by atoms with Crippen molar-refractivity contribution in [3.05, 3.63) is 70.9 Å². The lowest BCUT2D eigenvalue weighted by molar-refractivity contribution is 0.414. The highest BCUT2D eigenvalue weighted by molar-refractivity contribution is 6.31. The molecule has 3 aromatic rings. The predicted molar refractivity (Wildman–Crippen MR) is 98.9 cm³/mol. The molecule has 1 aromatic heterocycles. The lowest BCUT2D eigenvalue weighted by Gasteiger charge is -2.09. The van der Waals surface area contributed by atoms with Crippen molar-refractivity contribution in [1.82, 2.24) is 15.2 Å². The van der Waals surface area contributed by atoms with E-state index in [-0.39, 0.29) is 0 Å². The zero-order valence-electron chi connectivity index (χ0n) is 13.7. The maximum atomic E-state index is 6.15. The Balaban J connectivity index is 1.58. The standard InChI is InChI=1S/C18H18ClN5O/c1-25-15-8-6-13(7-9-15)10-21-18-23-17(12-22-24-18)20-11-14-4-2-3-5-16(14)19/h2-9,12H,10-11H2,1H3,(H2,20,21,23,24). The van der Waals surface area contributed by atoms with Crippen molar-refractivity contribution >= 4 is 23.4 Å². The fourth-order valence-corrected chi connectivity index (χ4v) is 2.42. The number of rotatable bonds is 7. The minimum Gasteiger partial charge on any atom is -0.497 e. The lowest BCUT2D eigenvalue weighted by atomic mass is 10.2. The Bertz CT molecular complexity index is 826. The number of nitrogens with one attached hydrogen (secondary N) is 2. The van der Waals surface area contributed by atoms with E-state index in [1.807, 2.05) is 48.5 Å². The molecule has 0 atom stereocenters. The van der Waals surface area contributed by atoms with E-state index < -0.39 is 0 Å². The van der Waals surface area contributed by atoms with Crippen LogP contribution in [0, 0.1) is 0 Å². The first kappa shape index (κ1) is 17.0. The quantitative estimate of drug-likeness (QED) is 0.672. The van der Waals surface area contributed by atoms with Gasteiger partial charge in [-0.25, -0.2) is 0 Å². The van der Waals surface area contributed by atoms with Gasteiger partial charge < -0.3 is 15.4 Å². The molecule has 0 fully saturated rings. The van der Waals surface area contributed by atoms with Gasteiger partial charge >= 0.3 is 0 Å². The highest BCUT2D eigenvalue weighted by Crippen LogP contribution is 2.16. The van der Waals surface area contributed by atoms with Gasteiger partial charge in [-0.3, -0.25) is 0 Å². The summed E-state index contributed by atoms with van der Waals surface area (Å²) in [5.41, 5.74) is 2.09. The Labute approximate surface area is 151 Å². The third kappa shape index (κ3) is 4.81. The van der Waals surface area contributed by atoms with Gasteiger partial charge in [-0.05, 0) is 29.3 Å². The number of hydrogen-bond acceptors (Lipinski definition) is 6. The van der Waals surface area contributed by atoms with Crippen molar-refractivity contribution in [2.75, 3.05) is 17.7 Å². The summed E-state index contributed by atoms with van der Waals surface area (Å²) in [4.78, 5) is 4.40. The summed E-state index contributed by atoms with van der Waals surface area (Å²) in [5, 5.41) is 15.0. The molecule has 3 rings (SSSR count). The summed E-state index contributed by atoms with van der Waals surface area (Å²) in [6.45, 7) is 1.16. The van der Waals surface area contributed by atoms with Gasteiger partial charge in [0.2, 0.25) is 5.95 Å². The Morgan fingerprint density at radius 1 is 1.00 bits per heavy atom. The zero-order valence-corrected chi connectivity index (χ0v) is 14.5. The second-order valence-electron chi connectivity index (χ2n) is 5.31. The SMILES string of the molecule is COc1ccc(CNc2nncc(NCc3ccccc3Cl)n2)cc1. The Morgan fingerprint density at radius 3 is 2.56 bits per heavy atom. The van der Waals surface area contributed by atoms with Crippen molar-refractivity contribution in [1.29, 1.82) is 0 Å². The van der Waals surface area contributed by atoms with Crippen LogP contribution in [0.25, 0.3) is 0 Å². The second-order valence-corrected chi connectivity index (χ2v) is 5.72. The number of nitrogens with zero attached hydrogens (tertiary/aromatic N) is 3. The average molecular weight is 356 g/mol. The molecule has 0 aliphatic heterocycles. The third-order valence-electron chi connectivity index (χ3n) is 3.59. The topological polar surface area (TPSA) is 72.0 Å². The maximum Gasteiger partial charge on any atom is 0.244 e. The van der Waals surface area contributed by atoms with Crippen molar-refractivity contribution in [3.63, 3.8) is 0 Å². The molecule has 25 heavy (non-hydrogen) atoms. The minimum atomic E-state index is 0.458. The van der Waals surface area contributed by atoms with Crippen molar-refractivity contribution in [2.24, 2.45) is 0 Å². The molecule has 128 valence electrons. The largest absolute Gasteiger partial charge is 0.497 e. The van der Waals surface area contributed by atoms with E-state index in [9.17, 15) is 0 Å². The maximum absolute atomic E-state index is 6.15. The summed E-state index contributed by atoms with van der Waals surface area (Å²) in [5.74, 6) is 1.92. The van der Waals surface area contributed by atoms with E-state index >= 15 is 0 Å². The van der Waals surface area contributed by atoms with Crippen LogP contribution in [0.1, 0.15) is 11.1 Å². The molecule has 0 saturated heterocycles. The molecule has 7 heteroatoms. The van der Waals surface area contributed by atoms with E-state index in [4.69, 9.17) is 16.3 Å². The van der Waals surface area contributed by atoms with Crippen LogP contribution in [-0.2, 0) is 13.1 Å². The molecule has 2 N–H and O–H groups in total. The average Bonchev–Trinajstić information content (AvgIpc) is 2.66. The van der Waals surface area contributed by atoms with Crippen LogP contribution < -0.4 is 15.4 Å². The van der Waals surface area contributed by atoms with Crippen molar-refractivity contribution in [2.45, 2.75) is 13.1 Å².